The zero-order chi connectivity index (χ0) is 17.2. The average Bonchev–Trinajstić information content (AvgIpc) is 2.48. The van der Waals surface area contributed by atoms with Crippen LogP contribution in [0.15, 0.2) is 41.2 Å². The van der Waals surface area contributed by atoms with Crippen LogP contribution in [0, 0.1) is 0 Å². The first-order valence-electron chi connectivity index (χ1n) is 6.42. The van der Waals surface area contributed by atoms with Gasteiger partial charge in [-0.1, -0.05) is 11.6 Å². The first-order chi connectivity index (χ1) is 10.7. The van der Waals surface area contributed by atoms with Crippen molar-refractivity contribution in [2.24, 2.45) is 0 Å². The van der Waals surface area contributed by atoms with Gasteiger partial charge in [-0.2, -0.15) is 18.3 Å². The Morgan fingerprint density at radius 1 is 1.22 bits per heavy atom. The Kier molecular flexibility index (Phi) is 4.74. The zero-order valence-electron chi connectivity index (χ0n) is 11.8. The minimum atomic E-state index is -4.45. The van der Waals surface area contributed by atoms with Gasteiger partial charge in [-0.25, -0.2) is 4.68 Å². The molecular formula is C14H11ClF3N3O2. The third-order valence-electron chi connectivity index (χ3n) is 3.02. The van der Waals surface area contributed by atoms with Crippen molar-refractivity contribution >= 4 is 23.2 Å². The van der Waals surface area contributed by atoms with Gasteiger partial charge in [-0.3, -0.25) is 9.59 Å². The van der Waals surface area contributed by atoms with Crippen LogP contribution in [0.25, 0.3) is 0 Å². The van der Waals surface area contributed by atoms with Crippen LogP contribution in [0.2, 0.25) is 5.15 Å². The lowest BCUT2D eigenvalue weighted by Gasteiger charge is -2.14. The highest BCUT2D eigenvalue weighted by atomic mass is 35.5. The molecule has 0 aliphatic carbocycles. The van der Waals surface area contributed by atoms with Crippen molar-refractivity contribution in [3.63, 3.8) is 0 Å². The second-order valence-corrected chi connectivity index (χ2v) is 5.07. The van der Waals surface area contributed by atoms with E-state index in [-0.39, 0.29) is 10.8 Å². The van der Waals surface area contributed by atoms with Gasteiger partial charge >= 0.3 is 6.18 Å². The summed E-state index contributed by atoms with van der Waals surface area (Å²) in [7, 11) is 0. The Balaban J connectivity index is 2.15. The molecule has 1 aromatic carbocycles. The molecule has 1 aromatic heterocycles. The van der Waals surface area contributed by atoms with Gasteiger partial charge in [0.15, 0.2) is 0 Å². The lowest BCUT2D eigenvalue weighted by Crippen LogP contribution is -2.33. The summed E-state index contributed by atoms with van der Waals surface area (Å²) >= 11 is 5.68. The fourth-order valence-electron chi connectivity index (χ4n) is 1.78. The van der Waals surface area contributed by atoms with E-state index in [1.165, 1.54) is 13.0 Å². The molecule has 0 bridgehead atoms. The number of carbonyl (C=O) groups is 1. The van der Waals surface area contributed by atoms with Gasteiger partial charge in [0, 0.05) is 11.8 Å². The number of rotatable bonds is 3. The molecule has 23 heavy (non-hydrogen) atoms. The number of hydrogen-bond donors (Lipinski definition) is 1. The van der Waals surface area contributed by atoms with E-state index < -0.39 is 29.2 Å². The largest absolute Gasteiger partial charge is 0.416 e. The van der Waals surface area contributed by atoms with Crippen molar-refractivity contribution < 1.29 is 18.0 Å². The Labute approximate surface area is 133 Å². The van der Waals surface area contributed by atoms with Crippen LogP contribution < -0.4 is 10.9 Å². The van der Waals surface area contributed by atoms with Gasteiger partial charge in [0.1, 0.15) is 11.2 Å². The number of amides is 1. The number of hydrogen-bond acceptors (Lipinski definition) is 3. The highest BCUT2D eigenvalue weighted by Gasteiger charge is 2.30. The van der Waals surface area contributed by atoms with Gasteiger partial charge < -0.3 is 5.32 Å². The monoisotopic (exact) mass is 345 g/mol. The molecule has 0 saturated carbocycles. The van der Waals surface area contributed by atoms with Crippen molar-refractivity contribution in [3.8, 4) is 0 Å². The maximum absolute atomic E-state index is 12.5. The maximum atomic E-state index is 12.5. The van der Waals surface area contributed by atoms with Crippen LogP contribution in [0.4, 0.5) is 18.9 Å². The molecule has 1 heterocycles. The number of aromatic nitrogens is 2. The molecule has 5 nitrogen and oxygen atoms in total. The average molecular weight is 346 g/mol. The number of carbonyl (C=O) groups excluding carboxylic acids is 1. The minimum Gasteiger partial charge on any atom is -0.324 e. The fraction of sp³-hybridized carbons (Fsp3) is 0.214. The van der Waals surface area contributed by atoms with Gasteiger partial charge in [-0.05, 0) is 37.3 Å². The summed E-state index contributed by atoms with van der Waals surface area (Å²) < 4.78 is 38.3. The standard InChI is InChI=1S/C14H11ClF3N3O2/c1-8(21-12(22)7-6-11(15)20-21)13(23)19-10-4-2-9(3-5-10)14(16,17)18/h2-8H,1H3,(H,19,23). The molecule has 1 amide bonds. The number of halogens is 4. The molecule has 0 aliphatic rings. The van der Waals surface area contributed by atoms with Crippen molar-refractivity contribution in [1.29, 1.82) is 0 Å². The van der Waals surface area contributed by atoms with Crippen molar-refractivity contribution in [2.75, 3.05) is 5.32 Å². The second-order valence-electron chi connectivity index (χ2n) is 4.68. The number of alkyl halides is 3. The molecular weight excluding hydrogens is 335 g/mol. The van der Waals surface area contributed by atoms with E-state index in [1.807, 2.05) is 0 Å². The fourth-order valence-corrected chi connectivity index (χ4v) is 1.92. The molecule has 1 atom stereocenters. The van der Waals surface area contributed by atoms with Crippen LogP contribution in [0.3, 0.4) is 0 Å². The molecule has 2 aromatic rings. The van der Waals surface area contributed by atoms with E-state index >= 15 is 0 Å². The van der Waals surface area contributed by atoms with Gasteiger partial charge in [-0.15, -0.1) is 0 Å². The Hall–Kier alpha value is -2.35. The van der Waals surface area contributed by atoms with E-state index in [2.05, 4.69) is 10.4 Å². The number of nitrogens with one attached hydrogen (secondary N) is 1. The van der Waals surface area contributed by atoms with Crippen molar-refractivity contribution in [3.05, 3.63) is 57.5 Å². The normalized spacial score (nSPS) is 12.7. The Bertz CT molecular complexity index is 772. The zero-order valence-corrected chi connectivity index (χ0v) is 12.5. The van der Waals surface area contributed by atoms with Crippen LogP contribution in [-0.4, -0.2) is 15.7 Å². The van der Waals surface area contributed by atoms with Crippen LogP contribution >= 0.6 is 11.6 Å². The summed E-state index contributed by atoms with van der Waals surface area (Å²) in [6, 6.07) is 5.43. The third-order valence-corrected chi connectivity index (χ3v) is 3.22. The lowest BCUT2D eigenvalue weighted by molar-refractivity contribution is -0.137. The first kappa shape index (κ1) is 17.0. The summed E-state index contributed by atoms with van der Waals surface area (Å²) in [5.74, 6) is -0.610. The molecule has 1 unspecified atom stereocenters. The summed E-state index contributed by atoms with van der Waals surface area (Å²) in [6.07, 6.45) is -4.45. The lowest BCUT2D eigenvalue weighted by atomic mass is 10.2. The second kappa shape index (κ2) is 6.41. The van der Waals surface area contributed by atoms with Crippen LogP contribution in [0.1, 0.15) is 18.5 Å². The topological polar surface area (TPSA) is 64.0 Å². The van der Waals surface area contributed by atoms with Gasteiger partial charge in [0.2, 0.25) is 5.91 Å². The number of benzene rings is 1. The Morgan fingerprint density at radius 2 is 1.83 bits per heavy atom. The highest BCUT2D eigenvalue weighted by molar-refractivity contribution is 6.29. The highest BCUT2D eigenvalue weighted by Crippen LogP contribution is 2.29. The smallest absolute Gasteiger partial charge is 0.324 e. The van der Waals surface area contributed by atoms with E-state index in [0.717, 1.165) is 35.0 Å². The van der Waals surface area contributed by atoms with Crippen molar-refractivity contribution in [1.82, 2.24) is 9.78 Å². The van der Waals surface area contributed by atoms with Crippen molar-refractivity contribution in [2.45, 2.75) is 19.1 Å². The summed E-state index contributed by atoms with van der Waals surface area (Å²) in [5.41, 5.74) is -1.18. The molecule has 122 valence electrons. The molecule has 0 fully saturated rings. The predicted octanol–water partition coefficient (Wildman–Crippen LogP) is 3.12. The molecule has 9 heteroatoms. The van der Waals surface area contributed by atoms with Crippen LogP contribution in [0.5, 0.6) is 0 Å². The van der Waals surface area contributed by atoms with E-state index in [4.69, 9.17) is 11.6 Å². The minimum absolute atomic E-state index is 0.0405. The molecule has 2 rings (SSSR count). The first-order valence-corrected chi connectivity index (χ1v) is 6.80. The molecule has 0 aliphatic heterocycles. The predicted molar refractivity (Wildman–Crippen MR) is 78.3 cm³/mol. The third kappa shape index (κ3) is 4.10. The summed E-state index contributed by atoms with van der Waals surface area (Å²) in [4.78, 5) is 23.7. The van der Waals surface area contributed by atoms with Crippen LogP contribution in [-0.2, 0) is 11.0 Å². The molecule has 0 radical (unpaired) electrons. The molecule has 1 N–H and O–H groups in total. The number of nitrogens with zero attached hydrogens (tertiary/aromatic N) is 2. The molecule has 0 saturated heterocycles. The summed E-state index contributed by atoms with van der Waals surface area (Å²) in [6.45, 7) is 1.42. The van der Waals surface area contributed by atoms with E-state index in [1.54, 1.807) is 0 Å². The van der Waals surface area contributed by atoms with Gasteiger partial charge in [0.05, 0.1) is 5.56 Å². The SMILES string of the molecule is CC(C(=O)Nc1ccc(C(F)(F)F)cc1)n1nc(Cl)ccc1=O. The van der Waals surface area contributed by atoms with Gasteiger partial charge in [0.25, 0.3) is 5.56 Å². The van der Waals surface area contributed by atoms with E-state index in [0.29, 0.717) is 0 Å². The summed E-state index contributed by atoms with van der Waals surface area (Å²) in [5, 5.41) is 6.20. The number of anilines is 1. The quantitative estimate of drug-likeness (QED) is 0.929. The Morgan fingerprint density at radius 3 is 2.39 bits per heavy atom. The molecule has 0 spiro atoms. The maximum Gasteiger partial charge on any atom is 0.416 e. The van der Waals surface area contributed by atoms with E-state index in [9.17, 15) is 22.8 Å².